The first-order valence-electron chi connectivity index (χ1n) is 20.5. The molecule has 10 aromatic rings. The number of aliphatic imine (C=N–C) groups is 4. The van der Waals surface area contributed by atoms with Crippen LogP contribution in [0.25, 0.3) is 43.1 Å². The van der Waals surface area contributed by atoms with Crippen molar-refractivity contribution in [3.8, 4) is 23.0 Å². The molecule has 10 heteroatoms. The standard InChI is InChI=1S/2C28H20N2O2.2Ni/c2*31-27-15-13-19-7-1-3-9-21(19)23(27)17-29-25-11-5-6-12-26(25)30-18-24-22-10-4-2-8-20(22)14-16-28(24)32;;/h2*1-18,31-32H;;/q;;2*+2/p-4. The monoisotopic (exact) mass is 944 g/mol. The van der Waals surface area contributed by atoms with Gasteiger partial charge in [-0.2, -0.15) is 0 Å². The molecule has 8 nitrogen and oxygen atoms in total. The predicted octanol–water partition coefficient (Wildman–Crippen LogP) is 11.3. The zero-order chi connectivity index (χ0) is 43.8. The van der Waals surface area contributed by atoms with Crippen LogP contribution in [0.15, 0.2) is 214 Å². The third-order valence-corrected chi connectivity index (χ3v) is 10.8. The number of fused-ring (bicyclic) bond motifs is 4. The van der Waals surface area contributed by atoms with E-state index in [4.69, 9.17) is 0 Å². The summed E-state index contributed by atoms with van der Waals surface area (Å²) in [5, 5.41) is 57.2. The van der Waals surface area contributed by atoms with Gasteiger partial charge in [0.25, 0.3) is 0 Å². The van der Waals surface area contributed by atoms with Crippen LogP contribution in [0.4, 0.5) is 22.7 Å². The fourth-order valence-electron chi connectivity index (χ4n) is 7.54. The Morgan fingerprint density at radius 3 is 0.667 bits per heavy atom. The Morgan fingerprint density at radius 1 is 0.242 bits per heavy atom. The fourth-order valence-corrected chi connectivity index (χ4v) is 7.54. The van der Waals surface area contributed by atoms with Gasteiger partial charge in [0.1, 0.15) is 0 Å². The largest absolute Gasteiger partial charge is 2.00 e. The maximum absolute atomic E-state index is 12.5. The molecule has 10 aromatic carbocycles. The van der Waals surface area contributed by atoms with Gasteiger partial charge in [0.05, 0.1) is 22.7 Å². The van der Waals surface area contributed by atoms with Crippen molar-refractivity contribution in [2.24, 2.45) is 20.0 Å². The van der Waals surface area contributed by atoms with E-state index in [0.717, 1.165) is 43.1 Å². The Labute approximate surface area is 401 Å². The van der Waals surface area contributed by atoms with Gasteiger partial charge in [0.2, 0.25) is 0 Å². The van der Waals surface area contributed by atoms with Crippen LogP contribution in [-0.2, 0) is 33.0 Å². The summed E-state index contributed by atoms with van der Waals surface area (Å²) in [5.74, 6) is -0.333. The van der Waals surface area contributed by atoms with E-state index in [1.54, 1.807) is 49.1 Å². The number of para-hydroxylation sites is 4. The van der Waals surface area contributed by atoms with Crippen LogP contribution in [0.3, 0.4) is 0 Å². The molecule has 0 bridgehead atoms. The molecule has 0 aliphatic rings. The molecule has 0 spiro atoms. The van der Waals surface area contributed by atoms with Crippen LogP contribution in [0.1, 0.15) is 22.3 Å². The molecule has 0 N–H and O–H groups in total. The molecule has 0 unspecified atom stereocenters. The molecule has 0 aliphatic carbocycles. The van der Waals surface area contributed by atoms with Crippen LogP contribution >= 0.6 is 0 Å². The number of nitrogens with zero attached hydrogens (tertiary/aromatic N) is 4. The molecule has 0 aromatic heterocycles. The average Bonchev–Trinajstić information content (AvgIpc) is 3.33. The summed E-state index contributed by atoms with van der Waals surface area (Å²) in [6.45, 7) is 0. The Bertz CT molecular complexity index is 3020. The van der Waals surface area contributed by atoms with E-state index in [1.807, 2.05) is 170 Å². The molecule has 0 saturated heterocycles. The van der Waals surface area contributed by atoms with Crippen molar-refractivity contribution in [1.82, 2.24) is 0 Å². The van der Waals surface area contributed by atoms with E-state index in [9.17, 15) is 20.4 Å². The van der Waals surface area contributed by atoms with Gasteiger partial charge in [-0.1, -0.05) is 193 Å². The fraction of sp³-hybridized carbons (Fsp3) is 0. The van der Waals surface area contributed by atoms with Crippen molar-refractivity contribution in [2.75, 3.05) is 0 Å². The van der Waals surface area contributed by atoms with Gasteiger partial charge in [0.15, 0.2) is 0 Å². The van der Waals surface area contributed by atoms with E-state index in [2.05, 4.69) is 20.0 Å². The zero-order valence-electron chi connectivity index (χ0n) is 34.8. The normalized spacial score (nSPS) is 11.4. The molecule has 0 amide bonds. The topological polar surface area (TPSA) is 142 Å². The molecule has 0 fully saturated rings. The Hall–Kier alpha value is -7.89. The van der Waals surface area contributed by atoms with Gasteiger partial charge < -0.3 is 20.4 Å². The second-order valence-electron chi connectivity index (χ2n) is 14.8. The SMILES string of the molecule is [Ni+2].[Ni+2].[O-]c1ccc2ccccc2c1C=Nc1ccccc1N=Cc1c([O-])ccc2ccccc12.[O-]c1ccc2ccccc2c1C=Nc1ccccc1N=Cc1c([O-])ccc2ccccc12. The van der Waals surface area contributed by atoms with Gasteiger partial charge in [-0.25, -0.2) is 0 Å². The maximum Gasteiger partial charge on any atom is 2.00 e. The first-order valence-corrected chi connectivity index (χ1v) is 20.5. The Balaban J connectivity index is 0.000000191. The summed E-state index contributed by atoms with van der Waals surface area (Å²) in [6, 6.07) is 59.2. The van der Waals surface area contributed by atoms with Crippen molar-refractivity contribution >= 4 is 90.7 Å². The first kappa shape index (κ1) is 46.1. The van der Waals surface area contributed by atoms with Crippen molar-refractivity contribution in [2.45, 2.75) is 0 Å². The van der Waals surface area contributed by atoms with Crippen LogP contribution < -0.4 is 20.4 Å². The minimum absolute atomic E-state index is 0. The summed E-state index contributed by atoms with van der Waals surface area (Å²) in [5.41, 5.74) is 4.62. The number of benzene rings is 10. The summed E-state index contributed by atoms with van der Waals surface area (Å²) in [6.07, 6.45) is 6.37. The van der Waals surface area contributed by atoms with Gasteiger partial charge in [-0.3, -0.25) is 20.0 Å². The van der Waals surface area contributed by atoms with E-state index >= 15 is 0 Å². The third-order valence-electron chi connectivity index (χ3n) is 10.8. The first-order chi connectivity index (χ1) is 31.4. The van der Waals surface area contributed by atoms with Crippen LogP contribution in [0.2, 0.25) is 0 Å². The molecular weight excluding hydrogens is 910 g/mol. The summed E-state index contributed by atoms with van der Waals surface area (Å²) < 4.78 is 0. The van der Waals surface area contributed by atoms with Crippen molar-refractivity contribution < 1.29 is 53.4 Å². The zero-order valence-corrected chi connectivity index (χ0v) is 36.8. The summed E-state index contributed by atoms with van der Waals surface area (Å²) in [7, 11) is 0. The molecular formula is C56H36N4Ni2O4. The second kappa shape index (κ2) is 21.2. The molecule has 0 atom stereocenters. The minimum Gasteiger partial charge on any atom is -0.872 e. The third kappa shape index (κ3) is 10.1. The Kier molecular flexibility index (Phi) is 14.8. The molecule has 324 valence electrons. The predicted molar refractivity (Wildman–Crippen MR) is 255 cm³/mol. The van der Waals surface area contributed by atoms with E-state index in [-0.39, 0.29) is 56.0 Å². The quantitative estimate of drug-likeness (QED) is 0.110. The number of hydrogen-bond donors (Lipinski definition) is 0. The van der Waals surface area contributed by atoms with Gasteiger partial charge in [-0.15, -0.1) is 0 Å². The Morgan fingerprint density at radius 2 is 0.439 bits per heavy atom. The maximum atomic E-state index is 12.5. The van der Waals surface area contributed by atoms with Crippen LogP contribution in [-0.4, -0.2) is 24.9 Å². The smallest absolute Gasteiger partial charge is 0.872 e. The van der Waals surface area contributed by atoms with Gasteiger partial charge >= 0.3 is 33.0 Å². The van der Waals surface area contributed by atoms with Crippen LogP contribution in [0.5, 0.6) is 23.0 Å². The van der Waals surface area contributed by atoms with Gasteiger partial charge in [-0.05, 0) is 89.6 Å². The minimum atomic E-state index is -0.0832. The molecule has 10 rings (SSSR count). The van der Waals surface area contributed by atoms with Gasteiger partial charge in [0, 0.05) is 24.9 Å². The van der Waals surface area contributed by atoms with E-state index in [0.29, 0.717) is 45.0 Å². The number of hydrogen-bond acceptors (Lipinski definition) is 8. The van der Waals surface area contributed by atoms with Crippen molar-refractivity contribution in [3.63, 3.8) is 0 Å². The summed E-state index contributed by atoms with van der Waals surface area (Å²) in [4.78, 5) is 18.3. The van der Waals surface area contributed by atoms with Crippen molar-refractivity contribution in [3.05, 3.63) is 216 Å². The van der Waals surface area contributed by atoms with E-state index < -0.39 is 0 Å². The molecule has 0 radical (unpaired) electrons. The second-order valence-corrected chi connectivity index (χ2v) is 14.8. The molecule has 0 saturated carbocycles. The number of rotatable bonds is 8. The molecule has 0 aliphatic heterocycles. The molecule has 0 heterocycles. The summed E-state index contributed by atoms with van der Waals surface area (Å²) >= 11 is 0. The average molecular weight is 946 g/mol. The van der Waals surface area contributed by atoms with E-state index in [1.165, 1.54) is 0 Å². The van der Waals surface area contributed by atoms with Crippen LogP contribution in [0, 0.1) is 0 Å². The van der Waals surface area contributed by atoms with Crippen molar-refractivity contribution in [1.29, 1.82) is 0 Å². The molecule has 66 heavy (non-hydrogen) atoms.